The lowest BCUT2D eigenvalue weighted by atomic mass is 10.1. The van der Waals surface area contributed by atoms with Crippen LogP contribution in [0.4, 0.5) is 10.1 Å². The number of hydrogen-bond donors (Lipinski definition) is 1. The van der Waals surface area contributed by atoms with E-state index in [4.69, 9.17) is 5.11 Å². The van der Waals surface area contributed by atoms with Gasteiger partial charge in [0.2, 0.25) is 0 Å². The minimum atomic E-state index is -1.02. The second kappa shape index (κ2) is 7.08. The number of carbonyl (C=O) groups is 1. The van der Waals surface area contributed by atoms with Gasteiger partial charge >= 0.3 is 5.97 Å². The third-order valence-electron chi connectivity index (χ3n) is 3.59. The lowest BCUT2D eigenvalue weighted by Crippen LogP contribution is -2.27. The molecule has 108 valence electrons. The number of rotatable bonds is 3. The number of nitrogens with zero attached hydrogens (tertiary/aromatic N) is 1. The second-order valence-corrected chi connectivity index (χ2v) is 5.13. The van der Waals surface area contributed by atoms with Crippen molar-refractivity contribution in [2.75, 3.05) is 18.0 Å². The molecule has 1 aliphatic heterocycles. The van der Waals surface area contributed by atoms with E-state index in [0.717, 1.165) is 37.7 Å². The van der Waals surface area contributed by atoms with Crippen LogP contribution in [0.15, 0.2) is 24.3 Å². The highest BCUT2D eigenvalue weighted by atomic mass is 19.1. The fraction of sp³-hybridized carbons (Fsp3) is 0.438. The first kappa shape index (κ1) is 14.6. The van der Waals surface area contributed by atoms with Crippen LogP contribution in [-0.2, 0) is 4.79 Å². The molecule has 0 spiro atoms. The van der Waals surface area contributed by atoms with E-state index in [1.807, 2.05) is 0 Å². The molecule has 1 heterocycles. The van der Waals surface area contributed by atoms with Crippen LogP contribution in [0.1, 0.15) is 37.7 Å². The highest BCUT2D eigenvalue weighted by molar-refractivity contribution is 5.87. The van der Waals surface area contributed by atoms with E-state index in [9.17, 15) is 9.18 Å². The topological polar surface area (TPSA) is 40.5 Å². The van der Waals surface area contributed by atoms with Crippen molar-refractivity contribution in [3.8, 4) is 0 Å². The number of hydrogen-bond acceptors (Lipinski definition) is 2. The van der Waals surface area contributed by atoms with Crippen molar-refractivity contribution in [1.29, 1.82) is 0 Å². The molecule has 2 rings (SSSR count). The van der Waals surface area contributed by atoms with Gasteiger partial charge in [0.25, 0.3) is 0 Å². The fourth-order valence-corrected chi connectivity index (χ4v) is 2.60. The number of aliphatic carboxylic acids is 1. The first-order valence-electron chi connectivity index (χ1n) is 7.12. The van der Waals surface area contributed by atoms with Gasteiger partial charge in [-0.05, 0) is 37.1 Å². The van der Waals surface area contributed by atoms with Gasteiger partial charge < -0.3 is 10.0 Å². The quantitative estimate of drug-likeness (QED) is 0.856. The zero-order chi connectivity index (χ0) is 14.4. The molecule has 3 nitrogen and oxygen atoms in total. The minimum absolute atomic E-state index is 0.342. The number of benzene rings is 1. The largest absolute Gasteiger partial charge is 0.478 e. The van der Waals surface area contributed by atoms with Gasteiger partial charge in [-0.1, -0.05) is 19.3 Å². The van der Waals surface area contributed by atoms with Gasteiger partial charge in [0, 0.05) is 30.4 Å². The molecule has 4 heteroatoms. The van der Waals surface area contributed by atoms with Crippen molar-refractivity contribution in [1.82, 2.24) is 0 Å². The Hall–Kier alpha value is -1.84. The summed E-state index contributed by atoms with van der Waals surface area (Å²) in [5.41, 5.74) is 1.55. The molecule has 0 unspecified atom stereocenters. The monoisotopic (exact) mass is 277 g/mol. The summed E-state index contributed by atoms with van der Waals surface area (Å²) in [7, 11) is 0. The van der Waals surface area contributed by atoms with E-state index in [2.05, 4.69) is 4.90 Å². The maximum Gasteiger partial charge on any atom is 0.328 e. The van der Waals surface area contributed by atoms with Crippen LogP contribution in [0, 0.1) is 5.82 Å². The van der Waals surface area contributed by atoms with Crippen LogP contribution in [-0.4, -0.2) is 24.2 Å². The summed E-state index contributed by atoms with van der Waals surface area (Å²) in [5.74, 6) is -1.36. The lowest BCUT2D eigenvalue weighted by Gasteiger charge is -2.28. The standard InChI is InChI=1S/C16H20FNO2/c17-14-7-8-15(13(12-14)6-9-16(19)20)18-10-4-2-1-3-5-11-18/h6-9,12H,1-5,10-11H2,(H,19,20)/b9-6+. The molecule has 1 aromatic carbocycles. The molecular weight excluding hydrogens is 257 g/mol. The van der Waals surface area contributed by atoms with Crippen LogP contribution in [0.3, 0.4) is 0 Å². The maximum absolute atomic E-state index is 13.4. The fourth-order valence-electron chi connectivity index (χ4n) is 2.60. The second-order valence-electron chi connectivity index (χ2n) is 5.13. The van der Waals surface area contributed by atoms with Crippen molar-refractivity contribution >= 4 is 17.7 Å². The molecule has 0 aliphatic carbocycles. The van der Waals surface area contributed by atoms with Crippen molar-refractivity contribution < 1.29 is 14.3 Å². The summed E-state index contributed by atoms with van der Waals surface area (Å²) >= 11 is 0. The Balaban J connectivity index is 2.26. The van der Waals surface area contributed by atoms with Crippen molar-refractivity contribution in [2.24, 2.45) is 0 Å². The Morgan fingerprint density at radius 3 is 2.45 bits per heavy atom. The van der Waals surface area contributed by atoms with E-state index >= 15 is 0 Å². The SMILES string of the molecule is O=C(O)/C=C/c1cc(F)ccc1N1CCCCCCC1. The molecule has 20 heavy (non-hydrogen) atoms. The van der Waals surface area contributed by atoms with Gasteiger partial charge in [-0.25, -0.2) is 9.18 Å². The Morgan fingerprint density at radius 2 is 1.80 bits per heavy atom. The molecular formula is C16H20FNO2. The third-order valence-corrected chi connectivity index (χ3v) is 3.59. The molecule has 1 fully saturated rings. The zero-order valence-electron chi connectivity index (χ0n) is 11.5. The predicted molar refractivity (Wildman–Crippen MR) is 78.4 cm³/mol. The molecule has 1 aliphatic rings. The van der Waals surface area contributed by atoms with Gasteiger partial charge in [0.05, 0.1) is 0 Å². The summed E-state index contributed by atoms with van der Waals surface area (Å²) in [4.78, 5) is 12.9. The van der Waals surface area contributed by atoms with Gasteiger partial charge in [0.15, 0.2) is 0 Å². The van der Waals surface area contributed by atoms with Crippen molar-refractivity contribution in [2.45, 2.75) is 32.1 Å². The van der Waals surface area contributed by atoms with Crippen LogP contribution in [0.25, 0.3) is 6.08 Å². The molecule has 0 aromatic heterocycles. The van der Waals surface area contributed by atoms with Gasteiger partial charge in [-0.3, -0.25) is 0 Å². The van der Waals surface area contributed by atoms with E-state index in [1.54, 1.807) is 6.07 Å². The number of carboxylic acid groups (broad SMARTS) is 1. The Kier molecular flexibility index (Phi) is 5.16. The first-order chi connectivity index (χ1) is 9.66. The summed E-state index contributed by atoms with van der Waals surface area (Å²) < 4.78 is 13.4. The van der Waals surface area contributed by atoms with Crippen molar-refractivity contribution in [3.05, 3.63) is 35.7 Å². The van der Waals surface area contributed by atoms with Crippen LogP contribution in [0.2, 0.25) is 0 Å². The van der Waals surface area contributed by atoms with Crippen molar-refractivity contribution in [3.63, 3.8) is 0 Å². The average Bonchev–Trinajstić information content (AvgIpc) is 2.37. The molecule has 1 saturated heterocycles. The molecule has 0 atom stereocenters. The molecule has 0 bridgehead atoms. The number of halogens is 1. The highest BCUT2D eigenvalue weighted by Gasteiger charge is 2.12. The van der Waals surface area contributed by atoms with Gasteiger partial charge in [0.1, 0.15) is 5.82 Å². The summed E-state index contributed by atoms with van der Waals surface area (Å²) in [5, 5.41) is 8.73. The number of anilines is 1. The highest BCUT2D eigenvalue weighted by Crippen LogP contribution is 2.25. The summed E-state index contributed by atoms with van der Waals surface area (Å²) in [6, 6.07) is 4.58. The predicted octanol–water partition coefficient (Wildman–Crippen LogP) is 3.69. The lowest BCUT2D eigenvalue weighted by molar-refractivity contribution is -0.131. The normalized spacial score (nSPS) is 16.9. The third kappa shape index (κ3) is 4.08. The average molecular weight is 277 g/mol. The minimum Gasteiger partial charge on any atom is -0.478 e. The smallest absolute Gasteiger partial charge is 0.328 e. The molecule has 0 radical (unpaired) electrons. The van der Waals surface area contributed by atoms with E-state index in [-0.39, 0.29) is 5.82 Å². The molecule has 0 amide bonds. The van der Waals surface area contributed by atoms with E-state index in [0.29, 0.717) is 5.56 Å². The molecule has 1 N–H and O–H groups in total. The Labute approximate surface area is 118 Å². The van der Waals surface area contributed by atoms with E-state index in [1.165, 1.54) is 37.5 Å². The Bertz CT molecular complexity index is 491. The van der Waals surface area contributed by atoms with E-state index < -0.39 is 5.97 Å². The van der Waals surface area contributed by atoms with Crippen LogP contribution < -0.4 is 4.90 Å². The summed E-state index contributed by atoms with van der Waals surface area (Å²) in [6.45, 7) is 1.89. The van der Waals surface area contributed by atoms with Gasteiger partial charge in [-0.15, -0.1) is 0 Å². The Morgan fingerprint density at radius 1 is 1.15 bits per heavy atom. The first-order valence-corrected chi connectivity index (χ1v) is 7.12. The van der Waals surface area contributed by atoms with Crippen LogP contribution in [0.5, 0.6) is 0 Å². The summed E-state index contributed by atoms with van der Waals surface area (Å²) in [6.07, 6.45) is 8.50. The maximum atomic E-state index is 13.4. The molecule has 0 saturated carbocycles. The van der Waals surface area contributed by atoms with Gasteiger partial charge in [-0.2, -0.15) is 0 Å². The number of carboxylic acids is 1. The molecule has 1 aromatic rings. The van der Waals surface area contributed by atoms with Crippen LogP contribution >= 0.6 is 0 Å². The zero-order valence-corrected chi connectivity index (χ0v) is 11.5.